The van der Waals surface area contributed by atoms with Gasteiger partial charge in [-0.15, -0.1) is 0 Å². The number of rotatable bonds is 8. The first-order chi connectivity index (χ1) is 11.5. The Morgan fingerprint density at radius 3 is 2.33 bits per heavy atom. The van der Waals surface area contributed by atoms with Crippen LogP contribution < -0.4 is 10.1 Å². The molecule has 8 nitrogen and oxygen atoms in total. The van der Waals surface area contributed by atoms with Crippen molar-refractivity contribution in [2.24, 2.45) is 11.8 Å². The molecule has 134 valence electrons. The number of hydrogen-bond acceptors (Lipinski definition) is 7. The molecule has 0 aromatic heterocycles. The normalized spacial score (nSPS) is 30.8. The Kier molecular flexibility index (Phi) is 6.52. The first-order valence-corrected chi connectivity index (χ1v) is 7.75. The monoisotopic (exact) mass is 341 g/mol. The van der Waals surface area contributed by atoms with Gasteiger partial charge in [-0.05, 0) is 24.1 Å². The largest absolute Gasteiger partial charge is 0.465 e. The number of carbonyl (C=O) groups excluding carboxylic acids is 1. The zero-order valence-corrected chi connectivity index (χ0v) is 13.0. The molecule has 0 aliphatic heterocycles. The van der Waals surface area contributed by atoms with E-state index in [-0.39, 0.29) is 0 Å². The molecule has 1 aromatic carbocycles. The van der Waals surface area contributed by atoms with Gasteiger partial charge in [0.1, 0.15) is 5.75 Å². The molecule has 1 aromatic rings. The molecule has 1 aliphatic carbocycles. The average Bonchev–Trinajstić information content (AvgIpc) is 2.78. The summed E-state index contributed by atoms with van der Waals surface area (Å²) in [6, 6.07) is 6.77. The zero-order valence-electron chi connectivity index (χ0n) is 13.0. The van der Waals surface area contributed by atoms with Gasteiger partial charge in [0.05, 0.1) is 30.8 Å². The fourth-order valence-electron chi connectivity index (χ4n) is 2.95. The summed E-state index contributed by atoms with van der Waals surface area (Å²) in [7, 11) is 0. The standard InChI is InChI=1S/C16H23NO7/c18-7-11-13(20)12(15(22)14(11)21)16(23)24-10-3-1-9(2-4-10)5-6-17-8-19/h1-4,8,11-16,18,20-23H,5-7H2,(H,17,19)/t11?,12?,13?,14-,15?,16-/m1/s1. The smallest absolute Gasteiger partial charge is 0.207 e. The van der Waals surface area contributed by atoms with Crippen molar-refractivity contribution in [1.29, 1.82) is 0 Å². The quantitative estimate of drug-likeness (QED) is 0.182. The third-order valence-electron chi connectivity index (χ3n) is 4.38. The lowest BCUT2D eigenvalue weighted by molar-refractivity contribution is -0.127. The first kappa shape index (κ1) is 18.6. The van der Waals surface area contributed by atoms with Crippen LogP contribution in [0.3, 0.4) is 0 Å². The molecule has 1 aliphatic rings. The van der Waals surface area contributed by atoms with Gasteiger partial charge in [0.15, 0.2) is 0 Å². The van der Waals surface area contributed by atoms with Crippen LogP contribution in [0.1, 0.15) is 5.56 Å². The fourth-order valence-corrected chi connectivity index (χ4v) is 2.95. The van der Waals surface area contributed by atoms with Gasteiger partial charge in [-0.1, -0.05) is 12.1 Å². The lowest BCUT2D eigenvalue weighted by Gasteiger charge is -2.25. The number of aliphatic hydroxyl groups excluding tert-OH is 5. The number of ether oxygens (including phenoxy) is 1. The minimum Gasteiger partial charge on any atom is -0.465 e. The Hall–Kier alpha value is -1.71. The fraction of sp³-hybridized carbons (Fsp3) is 0.562. The molecule has 1 fully saturated rings. The van der Waals surface area contributed by atoms with Crippen molar-refractivity contribution in [1.82, 2.24) is 5.32 Å². The molecule has 0 bridgehead atoms. The third kappa shape index (κ3) is 4.03. The number of benzene rings is 1. The molecule has 6 atom stereocenters. The van der Waals surface area contributed by atoms with Crippen molar-refractivity contribution in [3.63, 3.8) is 0 Å². The maximum absolute atomic E-state index is 10.2. The van der Waals surface area contributed by atoms with Gasteiger partial charge in [0.2, 0.25) is 12.7 Å². The molecule has 0 radical (unpaired) electrons. The van der Waals surface area contributed by atoms with Crippen LogP contribution >= 0.6 is 0 Å². The molecule has 0 heterocycles. The number of nitrogens with one attached hydrogen (secondary N) is 1. The van der Waals surface area contributed by atoms with E-state index in [0.717, 1.165) is 5.56 Å². The summed E-state index contributed by atoms with van der Waals surface area (Å²) in [5.74, 6) is -1.74. The van der Waals surface area contributed by atoms with Crippen molar-refractivity contribution in [2.45, 2.75) is 31.0 Å². The van der Waals surface area contributed by atoms with Crippen LogP contribution in [0, 0.1) is 11.8 Å². The first-order valence-electron chi connectivity index (χ1n) is 7.75. The number of hydrogen-bond donors (Lipinski definition) is 6. The van der Waals surface area contributed by atoms with Crippen LogP contribution in [-0.2, 0) is 11.2 Å². The van der Waals surface area contributed by atoms with Crippen LogP contribution in [0.15, 0.2) is 24.3 Å². The van der Waals surface area contributed by atoms with E-state index in [1.807, 2.05) is 0 Å². The maximum atomic E-state index is 10.2. The van der Waals surface area contributed by atoms with Crippen molar-refractivity contribution >= 4 is 6.41 Å². The second-order valence-electron chi connectivity index (χ2n) is 5.87. The van der Waals surface area contributed by atoms with E-state index in [4.69, 9.17) is 9.84 Å². The van der Waals surface area contributed by atoms with Gasteiger partial charge in [0.25, 0.3) is 0 Å². The lowest BCUT2D eigenvalue weighted by atomic mass is 10.00. The minimum atomic E-state index is -1.54. The molecule has 1 saturated carbocycles. The topological polar surface area (TPSA) is 139 Å². The highest BCUT2D eigenvalue weighted by molar-refractivity contribution is 5.45. The van der Waals surface area contributed by atoms with Crippen molar-refractivity contribution in [3.05, 3.63) is 29.8 Å². The molecule has 24 heavy (non-hydrogen) atoms. The van der Waals surface area contributed by atoms with E-state index < -0.39 is 43.0 Å². The maximum Gasteiger partial charge on any atom is 0.207 e. The summed E-state index contributed by atoms with van der Waals surface area (Å²) in [6.07, 6.45) is -4.29. The number of amides is 1. The number of carbonyl (C=O) groups is 1. The summed E-state index contributed by atoms with van der Waals surface area (Å²) in [6.45, 7) is -0.000636. The molecule has 0 saturated heterocycles. The second kappa shape index (κ2) is 8.41. The molecule has 0 spiro atoms. The van der Waals surface area contributed by atoms with Crippen LogP contribution in [-0.4, -0.2) is 69.7 Å². The number of aliphatic hydroxyl groups is 5. The van der Waals surface area contributed by atoms with E-state index in [1.165, 1.54) is 0 Å². The highest BCUT2D eigenvalue weighted by atomic mass is 16.6. The van der Waals surface area contributed by atoms with E-state index in [9.17, 15) is 25.2 Å². The van der Waals surface area contributed by atoms with Crippen molar-refractivity contribution < 1.29 is 35.1 Å². The van der Waals surface area contributed by atoms with E-state index in [0.29, 0.717) is 25.1 Å². The average molecular weight is 341 g/mol. The molecule has 2 rings (SSSR count). The third-order valence-corrected chi connectivity index (χ3v) is 4.38. The van der Waals surface area contributed by atoms with Gasteiger partial charge in [-0.2, -0.15) is 0 Å². The van der Waals surface area contributed by atoms with Gasteiger partial charge in [0, 0.05) is 12.5 Å². The van der Waals surface area contributed by atoms with E-state index in [2.05, 4.69) is 5.32 Å². The molecule has 1 amide bonds. The van der Waals surface area contributed by atoms with Gasteiger partial charge in [-0.3, -0.25) is 4.79 Å². The lowest BCUT2D eigenvalue weighted by Crippen LogP contribution is -2.40. The summed E-state index contributed by atoms with van der Waals surface area (Å²) < 4.78 is 5.33. The van der Waals surface area contributed by atoms with Crippen molar-refractivity contribution in [2.75, 3.05) is 13.2 Å². The predicted molar refractivity (Wildman–Crippen MR) is 82.9 cm³/mol. The Bertz CT molecular complexity index is 524. The van der Waals surface area contributed by atoms with Gasteiger partial charge >= 0.3 is 0 Å². The molecule has 8 heteroatoms. The highest BCUT2D eigenvalue weighted by Gasteiger charge is 2.52. The molecular formula is C16H23NO7. The van der Waals surface area contributed by atoms with Crippen LogP contribution in [0.4, 0.5) is 0 Å². The minimum absolute atomic E-state index is 0.330. The van der Waals surface area contributed by atoms with Crippen LogP contribution in [0.2, 0.25) is 0 Å². The molecule has 4 unspecified atom stereocenters. The van der Waals surface area contributed by atoms with Crippen LogP contribution in [0.5, 0.6) is 5.75 Å². The predicted octanol–water partition coefficient (Wildman–Crippen LogP) is -2.01. The highest BCUT2D eigenvalue weighted by Crippen LogP contribution is 2.35. The van der Waals surface area contributed by atoms with Crippen LogP contribution in [0.25, 0.3) is 0 Å². The summed E-state index contributed by atoms with van der Waals surface area (Å²) in [5.41, 5.74) is 0.961. The molecule has 6 N–H and O–H groups in total. The zero-order chi connectivity index (χ0) is 17.7. The van der Waals surface area contributed by atoms with Gasteiger partial charge in [-0.25, -0.2) is 0 Å². The Balaban J connectivity index is 1.96. The van der Waals surface area contributed by atoms with E-state index >= 15 is 0 Å². The Labute approximate surface area is 139 Å². The SMILES string of the molecule is O=CNCCc1ccc(O[C@@H](O)C2C(O)C(CO)[C@@H](O)C2O)cc1. The van der Waals surface area contributed by atoms with E-state index in [1.54, 1.807) is 24.3 Å². The second-order valence-corrected chi connectivity index (χ2v) is 5.87. The summed E-state index contributed by atoms with van der Waals surface area (Å²) in [4.78, 5) is 10.2. The van der Waals surface area contributed by atoms with Crippen molar-refractivity contribution in [3.8, 4) is 5.75 Å². The Morgan fingerprint density at radius 1 is 1.12 bits per heavy atom. The molecular weight excluding hydrogens is 318 g/mol. The van der Waals surface area contributed by atoms with Gasteiger partial charge < -0.3 is 35.6 Å². The summed E-state index contributed by atoms with van der Waals surface area (Å²) in [5, 5.41) is 51.6. The summed E-state index contributed by atoms with van der Waals surface area (Å²) >= 11 is 0. The Morgan fingerprint density at radius 2 is 1.79 bits per heavy atom.